The molecule has 0 saturated heterocycles. The van der Waals surface area contributed by atoms with Gasteiger partial charge in [0.05, 0.1) is 0 Å². The summed E-state index contributed by atoms with van der Waals surface area (Å²) in [5, 5.41) is 3.71. The van der Waals surface area contributed by atoms with Crippen LogP contribution in [0.25, 0.3) is 0 Å². The monoisotopic (exact) mass is 212 g/mol. The summed E-state index contributed by atoms with van der Waals surface area (Å²) in [4.78, 5) is 0. The molecule has 2 atom stereocenters. The van der Waals surface area contributed by atoms with Crippen LogP contribution in [0.5, 0.6) is 0 Å². The third-order valence-corrected chi connectivity index (χ3v) is 4.25. The molecular weight excluding hydrogens is 184 g/mol. The largest absolute Gasteiger partial charge is 0.330 e. The highest BCUT2D eigenvalue weighted by Crippen LogP contribution is 2.35. The molecule has 1 aliphatic carbocycles. The van der Waals surface area contributed by atoms with Crippen LogP contribution in [0.3, 0.4) is 0 Å². The fraction of sp³-hybridized carbons (Fsp3) is 1.00. The fourth-order valence-electron chi connectivity index (χ4n) is 2.40. The minimum Gasteiger partial charge on any atom is -0.330 e. The lowest BCUT2D eigenvalue weighted by molar-refractivity contribution is 0.256. The van der Waals surface area contributed by atoms with Gasteiger partial charge in [-0.2, -0.15) is 0 Å². The van der Waals surface area contributed by atoms with E-state index in [-0.39, 0.29) is 0 Å². The summed E-state index contributed by atoms with van der Waals surface area (Å²) in [7, 11) is 0. The SMILES string of the molecule is CCCC1CC1NCC(CC)(CC)CN. The maximum atomic E-state index is 5.89. The van der Waals surface area contributed by atoms with Crippen molar-refractivity contribution in [2.24, 2.45) is 17.1 Å². The first-order valence-electron chi connectivity index (χ1n) is 6.64. The van der Waals surface area contributed by atoms with E-state index >= 15 is 0 Å². The number of hydrogen-bond acceptors (Lipinski definition) is 2. The Morgan fingerprint density at radius 1 is 1.27 bits per heavy atom. The van der Waals surface area contributed by atoms with Gasteiger partial charge in [0, 0.05) is 12.6 Å². The van der Waals surface area contributed by atoms with Gasteiger partial charge in [-0.15, -0.1) is 0 Å². The molecule has 0 radical (unpaired) electrons. The van der Waals surface area contributed by atoms with Crippen LogP contribution in [0.15, 0.2) is 0 Å². The van der Waals surface area contributed by atoms with E-state index in [2.05, 4.69) is 26.1 Å². The summed E-state index contributed by atoms with van der Waals surface area (Å²) in [6.07, 6.45) is 6.50. The molecule has 15 heavy (non-hydrogen) atoms. The Morgan fingerprint density at radius 3 is 2.40 bits per heavy atom. The normalized spacial score (nSPS) is 25.6. The molecule has 0 aromatic heterocycles. The highest BCUT2D eigenvalue weighted by Gasteiger charge is 2.37. The van der Waals surface area contributed by atoms with Gasteiger partial charge in [0.2, 0.25) is 0 Å². The van der Waals surface area contributed by atoms with E-state index in [9.17, 15) is 0 Å². The summed E-state index contributed by atoms with van der Waals surface area (Å²) < 4.78 is 0. The first-order valence-corrected chi connectivity index (χ1v) is 6.64. The molecule has 0 spiro atoms. The Balaban J connectivity index is 2.24. The van der Waals surface area contributed by atoms with Crippen molar-refractivity contribution < 1.29 is 0 Å². The third-order valence-electron chi connectivity index (χ3n) is 4.25. The van der Waals surface area contributed by atoms with Crippen molar-refractivity contribution in [3.8, 4) is 0 Å². The second-order valence-electron chi connectivity index (χ2n) is 5.18. The minimum absolute atomic E-state index is 0.347. The number of nitrogens with one attached hydrogen (secondary N) is 1. The molecule has 2 heteroatoms. The van der Waals surface area contributed by atoms with Crippen molar-refractivity contribution in [3.63, 3.8) is 0 Å². The summed E-state index contributed by atoms with van der Waals surface area (Å²) >= 11 is 0. The zero-order valence-corrected chi connectivity index (χ0v) is 10.7. The lowest BCUT2D eigenvalue weighted by Gasteiger charge is -2.30. The molecule has 2 unspecified atom stereocenters. The minimum atomic E-state index is 0.347. The van der Waals surface area contributed by atoms with Gasteiger partial charge < -0.3 is 11.1 Å². The van der Waals surface area contributed by atoms with Gasteiger partial charge in [0.1, 0.15) is 0 Å². The van der Waals surface area contributed by atoms with Crippen molar-refractivity contribution in [1.82, 2.24) is 5.32 Å². The lowest BCUT2D eigenvalue weighted by Crippen LogP contribution is -2.40. The van der Waals surface area contributed by atoms with Crippen molar-refractivity contribution in [1.29, 1.82) is 0 Å². The predicted molar refractivity (Wildman–Crippen MR) is 66.9 cm³/mol. The van der Waals surface area contributed by atoms with Crippen molar-refractivity contribution in [2.75, 3.05) is 13.1 Å². The van der Waals surface area contributed by atoms with Crippen LogP contribution in [-0.4, -0.2) is 19.1 Å². The molecule has 1 saturated carbocycles. The molecule has 3 N–H and O–H groups in total. The molecule has 0 aromatic rings. The van der Waals surface area contributed by atoms with Crippen LogP contribution in [0, 0.1) is 11.3 Å². The van der Waals surface area contributed by atoms with Gasteiger partial charge in [-0.1, -0.05) is 27.2 Å². The fourth-order valence-corrected chi connectivity index (χ4v) is 2.40. The summed E-state index contributed by atoms with van der Waals surface area (Å²) in [5.74, 6) is 0.958. The maximum absolute atomic E-state index is 5.89. The third kappa shape index (κ3) is 3.46. The molecule has 0 heterocycles. The average molecular weight is 212 g/mol. The Kier molecular flexibility index (Phi) is 5.07. The van der Waals surface area contributed by atoms with E-state index in [1.807, 2.05) is 0 Å². The first kappa shape index (κ1) is 13.0. The van der Waals surface area contributed by atoms with Crippen molar-refractivity contribution >= 4 is 0 Å². The van der Waals surface area contributed by atoms with Gasteiger partial charge in [-0.3, -0.25) is 0 Å². The van der Waals surface area contributed by atoms with Crippen LogP contribution in [0.2, 0.25) is 0 Å². The van der Waals surface area contributed by atoms with Gasteiger partial charge in [-0.05, 0) is 43.6 Å². The van der Waals surface area contributed by atoms with Crippen LogP contribution in [0.4, 0.5) is 0 Å². The van der Waals surface area contributed by atoms with E-state index < -0.39 is 0 Å². The van der Waals surface area contributed by atoms with Crippen LogP contribution in [-0.2, 0) is 0 Å². The predicted octanol–water partition coefficient (Wildman–Crippen LogP) is 2.53. The maximum Gasteiger partial charge on any atom is 0.00993 e. The van der Waals surface area contributed by atoms with Gasteiger partial charge in [0.15, 0.2) is 0 Å². The molecule has 0 aromatic carbocycles. The molecule has 90 valence electrons. The number of hydrogen-bond donors (Lipinski definition) is 2. The standard InChI is InChI=1S/C13H28N2/c1-4-7-11-8-12(11)15-10-13(5-2,6-3)9-14/h11-12,15H,4-10,14H2,1-3H3. The van der Waals surface area contributed by atoms with Crippen LogP contribution < -0.4 is 11.1 Å². The van der Waals surface area contributed by atoms with E-state index in [0.29, 0.717) is 5.41 Å². The van der Waals surface area contributed by atoms with E-state index in [0.717, 1.165) is 25.0 Å². The van der Waals surface area contributed by atoms with E-state index in [1.165, 1.54) is 32.1 Å². The Hall–Kier alpha value is -0.0800. The highest BCUT2D eigenvalue weighted by molar-refractivity contribution is 4.94. The highest BCUT2D eigenvalue weighted by atomic mass is 15.0. The molecule has 2 nitrogen and oxygen atoms in total. The molecule has 1 rings (SSSR count). The van der Waals surface area contributed by atoms with Crippen molar-refractivity contribution in [2.45, 2.75) is 58.9 Å². The van der Waals surface area contributed by atoms with E-state index in [1.54, 1.807) is 0 Å². The zero-order chi connectivity index (χ0) is 11.3. The zero-order valence-electron chi connectivity index (χ0n) is 10.7. The van der Waals surface area contributed by atoms with Crippen LogP contribution >= 0.6 is 0 Å². The topological polar surface area (TPSA) is 38.0 Å². The Morgan fingerprint density at radius 2 is 1.93 bits per heavy atom. The Bertz CT molecular complexity index is 167. The number of nitrogens with two attached hydrogens (primary N) is 1. The van der Waals surface area contributed by atoms with Gasteiger partial charge in [0.25, 0.3) is 0 Å². The first-order chi connectivity index (χ1) is 7.21. The Labute approximate surface area is 95.0 Å². The molecule has 0 aliphatic heterocycles. The van der Waals surface area contributed by atoms with Gasteiger partial charge in [-0.25, -0.2) is 0 Å². The molecule has 1 aliphatic rings. The summed E-state index contributed by atoms with van der Waals surface area (Å²) in [6.45, 7) is 8.72. The lowest BCUT2D eigenvalue weighted by atomic mass is 9.82. The van der Waals surface area contributed by atoms with Crippen LogP contribution in [0.1, 0.15) is 52.9 Å². The molecular formula is C13H28N2. The number of rotatable bonds is 8. The smallest absolute Gasteiger partial charge is 0.00993 e. The second-order valence-corrected chi connectivity index (χ2v) is 5.18. The molecule has 0 bridgehead atoms. The molecule has 1 fully saturated rings. The summed E-state index contributed by atoms with van der Waals surface area (Å²) in [5.41, 5.74) is 6.24. The second kappa shape index (κ2) is 5.86. The van der Waals surface area contributed by atoms with E-state index in [4.69, 9.17) is 5.73 Å². The summed E-state index contributed by atoms with van der Waals surface area (Å²) in [6, 6.07) is 0.800. The van der Waals surface area contributed by atoms with Crippen molar-refractivity contribution in [3.05, 3.63) is 0 Å². The molecule has 0 amide bonds. The quantitative estimate of drug-likeness (QED) is 0.649. The van der Waals surface area contributed by atoms with Gasteiger partial charge >= 0.3 is 0 Å². The average Bonchev–Trinajstić information content (AvgIpc) is 3.00.